The van der Waals surface area contributed by atoms with Crippen molar-refractivity contribution in [2.75, 3.05) is 26.2 Å². The molecule has 2 saturated heterocycles. The maximum Gasteiger partial charge on any atom is 0.0922 e. The van der Waals surface area contributed by atoms with Gasteiger partial charge in [-0.1, -0.05) is 30.3 Å². The van der Waals surface area contributed by atoms with Gasteiger partial charge in [-0.2, -0.15) is 0 Å². The summed E-state index contributed by atoms with van der Waals surface area (Å²) in [6, 6.07) is 10.7. The van der Waals surface area contributed by atoms with Crippen LogP contribution in [-0.2, 0) is 13.0 Å². The highest BCUT2D eigenvalue weighted by atomic mass is 16.3. The normalized spacial score (nSPS) is 28.0. The number of hydrogen-bond acceptors (Lipinski definition) is 4. The molecule has 0 radical (unpaired) electrons. The number of aliphatic hydroxyl groups is 1. The molecule has 1 spiro atoms. The molecule has 5 heteroatoms. The van der Waals surface area contributed by atoms with E-state index in [1.807, 2.05) is 6.20 Å². The van der Waals surface area contributed by atoms with E-state index in [1.165, 1.54) is 12.0 Å². The highest BCUT2D eigenvalue weighted by Crippen LogP contribution is 2.39. The van der Waals surface area contributed by atoms with Gasteiger partial charge in [0.1, 0.15) is 0 Å². The van der Waals surface area contributed by atoms with Crippen LogP contribution in [0.4, 0.5) is 0 Å². The monoisotopic (exact) mass is 340 g/mol. The quantitative estimate of drug-likeness (QED) is 0.875. The summed E-state index contributed by atoms with van der Waals surface area (Å²) in [6.45, 7) is 4.79. The van der Waals surface area contributed by atoms with Gasteiger partial charge in [-0.15, -0.1) is 0 Å². The van der Waals surface area contributed by atoms with E-state index < -0.39 is 0 Å². The summed E-state index contributed by atoms with van der Waals surface area (Å²) >= 11 is 0. The summed E-state index contributed by atoms with van der Waals surface area (Å²) in [5.41, 5.74) is 2.49. The van der Waals surface area contributed by atoms with Gasteiger partial charge in [0.25, 0.3) is 0 Å². The standard InChI is InChI=1S/C20H28N4O/c25-19-15-23(14-18-13-21-16-22-18)12-9-20(19)8-4-10-24(20)11-7-17-5-2-1-3-6-17/h1-3,5-6,13,16,19,25H,4,7-12,14-15H2,(H,21,22)/t19-,20-/m0/s1. The molecule has 2 aliphatic rings. The van der Waals surface area contributed by atoms with Crippen LogP contribution < -0.4 is 0 Å². The number of nitrogens with zero attached hydrogens (tertiary/aromatic N) is 3. The zero-order chi connectivity index (χ0) is 17.1. The molecule has 0 aliphatic carbocycles. The summed E-state index contributed by atoms with van der Waals surface area (Å²) in [4.78, 5) is 12.2. The lowest BCUT2D eigenvalue weighted by Crippen LogP contribution is -2.61. The van der Waals surface area contributed by atoms with Crippen molar-refractivity contribution in [1.29, 1.82) is 0 Å². The molecule has 4 rings (SSSR count). The van der Waals surface area contributed by atoms with Crippen LogP contribution in [0.1, 0.15) is 30.5 Å². The molecular weight excluding hydrogens is 312 g/mol. The van der Waals surface area contributed by atoms with Crippen LogP contribution >= 0.6 is 0 Å². The van der Waals surface area contributed by atoms with E-state index in [0.29, 0.717) is 0 Å². The third-order valence-corrected chi connectivity index (χ3v) is 6.04. The number of aromatic nitrogens is 2. The predicted molar refractivity (Wildman–Crippen MR) is 98.2 cm³/mol. The smallest absolute Gasteiger partial charge is 0.0922 e. The van der Waals surface area contributed by atoms with Gasteiger partial charge in [0, 0.05) is 43.6 Å². The lowest BCUT2D eigenvalue weighted by Gasteiger charge is -2.48. The van der Waals surface area contributed by atoms with Crippen molar-refractivity contribution in [2.45, 2.75) is 43.9 Å². The average Bonchev–Trinajstić information content (AvgIpc) is 3.28. The number of benzene rings is 1. The highest BCUT2D eigenvalue weighted by molar-refractivity contribution is 5.15. The second-order valence-corrected chi connectivity index (χ2v) is 7.51. The first-order valence-electron chi connectivity index (χ1n) is 9.43. The zero-order valence-electron chi connectivity index (χ0n) is 14.8. The second kappa shape index (κ2) is 7.28. The Bertz CT molecular complexity index is 660. The van der Waals surface area contributed by atoms with Crippen molar-refractivity contribution in [2.24, 2.45) is 0 Å². The second-order valence-electron chi connectivity index (χ2n) is 7.51. The van der Waals surface area contributed by atoms with Gasteiger partial charge in [-0.25, -0.2) is 4.98 Å². The van der Waals surface area contributed by atoms with Crippen molar-refractivity contribution in [3.8, 4) is 0 Å². The van der Waals surface area contributed by atoms with E-state index in [1.54, 1.807) is 6.33 Å². The number of piperidine rings is 1. The fraction of sp³-hybridized carbons (Fsp3) is 0.550. The van der Waals surface area contributed by atoms with Crippen LogP contribution in [-0.4, -0.2) is 62.7 Å². The van der Waals surface area contributed by atoms with Crippen LogP contribution in [0.3, 0.4) is 0 Å². The summed E-state index contributed by atoms with van der Waals surface area (Å²) in [7, 11) is 0. The van der Waals surface area contributed by atoms with Crippen LogP contribution in [0.2, 0.25) is 0 Å². The molecule has 2 atom stereocenters. The van der Waals surface area contributed by atoms with E-state index in [2.05, 4.69) is 50.1 Å². The molecule has 1 aromatic heterocycles. The maximum atomic E-state index is 11.0. The number of likely N-dealkylation sites (tertiary alicyclic amines) is 2. The van der Waals surface area contributed by atoms with E-state index in [4.69, 9.17) is 0 Å². The van der Waals surface area contributed by atoms with Gasteiger partial charge < -0.3 is 10.1 Å². The molecule has 0 unspecified atom stereocenters. The third-order valence-electron chi connectivity index (χ3n) is 6.04. The van der Waals surface area contributed by atoms with Crippen LogP contribution in [0.25, 0.3) is 0 Å². The van der Waals surface area contributed by atoms with Gasteiger partial charge in [0.2, 0.25) is 0 Å². The van der Waals surface area contributed by atoms with Crippen molar-refractivity contribution >= 4 is 0 Å². The molecule has 5 nitrogen and oxygen atoms in total. The summed E-state index contributed by atoms with van der Waals surface area (Å²) in [5, 5.41) is 11.0. The fourth-order valence-corrected chi connectivity index (χ4v) is 4.64. The Labute approximate surface area is 149 Å². The number of hydrogen-bond donors (Lipinski definition) is 2. The summed E-state index contributed by atoms with van der Waals surface area (Å²) in [5.74, 6) is 0. The van der Waals surface area contributed by atoms with Gasteiger partial charge >= 0.3 is 0 Å². The molecule has 2 fully saturated rings. The number of aromatic amines is 1. The van der Waals surface area contributed by atoms with Gasteiger partial charge in [-0.05, 0) is 37.8 Å². The Balaban J connectivity index is 1.38. The number of rotatable bonds is 5. The zero-order valence-corrected chi connectivity index (χ0v) is 14.8. The first-order chi connectivity index (χ1) is 12.3. The van der Waals surface area contributed by atoms with E-state index in [-0.39, 0.29) is 11.6 Å². The Morgan fingerprint density at radius 1 is 1.20 bits per heavy atom. The van der Waals surface area contributed by atoms with Crippen LogP contribution in [0, 0.1) is 0 Å². The minimum Gasteiger partial charge on any atom is -0.390 e. The molecule has 2 aliphatic heterocycles. The molecule has 0 amide bonds. The molecule has 25 heavy (non-hydrogen) atoms. The van der Waals surface area contributed by atoms with E-state index in [0.717, 1.165) is 57.7 Å². The van der Waals surface area contributed by atoms with Crippen molar-refractivity contribution < 1.29 is 5.11 Å². The van der Waals surface area contributed by atoms with Crippen LogP contribution in [0.5, 0.6) is 0 Å². The van der Waals surface area contributed by atoms with Gasteiger partial charge in [-0.3, -0.25) is 9.80 Å². The number of imidazole rings is 1. The molecule has 134 valence electrons. The van der Waals surface area contributed by atoms with Crippen molar-refractivity contribution in [3.05, 3.63) is 54.1 Å². The minimum atomic E-state index is -0.276. The van der Waals surface area contributed by atoms with Gasteiger partial charge in [0.15, 0.2) is 0 Å². The maximum absolute atomic E-state index is 11.0. The molecular formula is C20H28N4O. The number of β-amino-alcohol motifs (C(OH)–C–C–N with tert-alkyl or cyclic N) is 1. The topological polar surface area (TPSA) is 55.4 Å². The Kier molecular flexibility index (Phi) is 4.88. The lowest BCUT2D eigenvalue weighted by molar-refractivity contribution is -0.0651. The highest BCUT2D eigenvalue weighted by Gasteiger charge is 2.48. The molecule has 2 aromatic rings. The van der Waals surface area contributed by atoms with Crippen molar-refractivity contribution in [1.82, 2.24) is 19.8 Å². The Morgan fingerprint density at radius 3 is 2.84 bits per heavy atom. The molecule has 3 heterocycles. The number of nitrogens with one attached hydrogen (secondary N) is 1. The molecule has 0 saturated carbocycles. The summed E-state index contributed by atoms with van der Waals surface area (Å²) in [6.07, 6.45) is 7.76. The van der Waals surface area contributed by atoms with Crippen LogP contribution in [0.15, 0.2) is 42.9 Å². The molecule has 0 bridgehead atoms. The molecule has 1 aromatic carbocycles. The first kappa shape index (κ1) is 16.8. The SMILES string of the molecule is O[C@H]1CN(Cc2cnc[nH]2)CC[C@@]12CCCN2CCc1ccccc1. The predicted octanol–water partition coefficient (Wildman–Crippen LogP) is 2.05. The number of aliphatic hydroxyl groups excluding tert-OH is 1. The fourth-order valence-electron chi connectivity index (χ4n) is 4.64. The average molecular weight is 340 g/mol. The van der Waals surface area contributed by atoms with Gasteiger partial charge in [0.05, 0.1) is 12.4 Å². The first-order valence-corrected chi connectivity index (χ1v) is 9.43. The van der Waals surface area contributed by atoms with Crippen molar-refractivity contribution in [3.63, 3.8) is 0 Å². The third kappa shape index (κ3) is 3.50. The Morgan fingerprint density at radius 2 is 2.08 bits per heavy atom. The largest absolute Gasteiger partial charge is 0.390 e. The molecule has 2 N–H and O–H groups in total. The Hall–Kier alpha value is -1.69. The number of H-pyrrole nitrogens is 1. The van der Waals surface area contributed by atoms with E-state index in [9.17, 15) is 5.11 Å². The lowest BCUT2D eigenvalue weighted by atomic mass is 9.82. The summed E-state index contributed by atoms with van der Waals surface area (Å²) < 4.78 is 0. The minimum absolute atomic E-state index is 0.0146. The van der Waals surface area contributed by atoms with E-state index >= 15 is 0 Å².